The minimum atomic E-state index is 0.147. The van der Waals surface area contributed by atoms with Crippen molar-refractivity contribution in [2.75, 3.05) is 0 Å². The molecular formula is C17H22N2OS2. The van der Waals surface area contributed by atoms with Crippen LogP contribution >= 0.6 is 22.7 Å². The number of nitrogens with zero attached hydrogens (tertiary/aromatic N) is 1. The summed E-state index contributed by atoms with van der Waals surface area (Å²) in [6, 6.07) is 4.48. The summed E-state index contributed by atoms with van der Waals surface area (Å²) in [5.41, 5.74) is 0.994. The second-order valence-corrected chi connectivity index (χ2v) is 8.15. The number of hydrogen-bond acceptors (Lipinski definition) is 4. The van der Waals surface area contributed by atoms with Gasteiger partial charge < -0.3 is 5.32 Å². The molecule has 0 spiro atoms. The maximum Gasteiger partial charge on any atom is 0.225 e. The molecule has 0 aromatic carbocycles. The Balaban J connectivity index is 1.66. The zero-order valence-electron chi connectivity index (χ0n) is 12.9. The van der Waals surface area contributed by atoms with Crippen LogP contribution in [0.1, 0.15) is 48.4 Å². The molecule has 1 fully saturated rings. The number of aromatic nitrogens is 1. The number of carbonyl (C=O) groups is 1. The third-order valence-electron chi connectivity index (χ3n) is 4.10. The van der Waals surface area contributed by atoms with Gasteiger partial charge in [-0.15, -0.1) is 22.7 Å². The molecule has 118 valence electrons. The van der Waals surface area contributed by atoms with Gasteiger partial charge in [0, 0.05) is 10.9 Å². The normalized spacial score (nSPS) is 16.4. The summed E-state index contributed by atoms with van der Waals surface area (Å²) >= 11 is 3.32. The van der Waals surface area contributed by atoms with Crippen molar-refractivity contribution >= 4 is 28.6 Å². The Hall–Kier alpha value is -1.20. The summed E-state index contributed by atoms with van der Waals surface area (Å²) < 4.78 is 0. The van der Waals surface area contributed by atoms with Crippen molar-refractivity contribution in [2.24, 2.45) is 0 Å². The fourth-order valence-electron chi connectivity index (χ4n) is 3.04. The van der Waals surface area contributed by atoms with Gasteiger partial charge in [0.1, 0.15) is 0 Å². The fraction of sp³-hybridized carbons (Fsp3) is 0.529. The standard InChI is InChI=1S/C17H22N2OS2/c1-12-18-17(14-9-6-10-21-14)15(22-12)11-16(20)19-13-7-4-2-3-5-8-13/h6,9-10,13H,2-5,7-8,11H2,1H3,(H,19,20). The minimum Gasteiger partial charge on any atom is -0.353 e. The number of aryl methyl sites for hydroxylation is 1. The summed E-state index contributed by atoms with van der Waals surface area (Å²) in [4.78, 5) is 19.3. The number of hydrogen-bond donors (Lipinski definition) is 1. The summed E-state index contributed by atoms with van der Waals surface area (Å²) in [6.07, 6.45) is 7.81. The molecule has 0 bridgehead atoms. The van der Waals surface area contributed by atoms with Crippen LogP contribution in [0, 0.1) is 6.92 Å². The first-order valence-corrected chi connectivity index (χ1v) is 9.71. The van der Waals surface area contributed by atoms with E-state index in [1.165, 1.54) is 25.7 Å². The second-order valence-electron chi connectivity index (χ2n) is 5.91. The molecule has 0 saturated heterocycles. The lowest BCUT2D eigenvalue weighted by atomic mass is 10.1. The maximum absolute atomic E-state index is 12.4. The van der Waals surface area contributed by atoms with Gasteiger partial charge in [0.05, 0.1) is 22.0 Å². The summed E-state index contributed by atoms with van der Waals surface area (Å²) in [6.45, 7) is 2.01. The van der Waals surface area contributed by atoms with Gasteiger partial charge in [-0.25, -0.2) is 4.98 Å². The highest BCUT2D eigenvalue weighted by Crippen LogP contribution is 2.31. The SMILES string of the molecule is Cc1nc(-c2cccs2)c(CC(=O)NC2CCCCCC2)s1. The smallest absolute Gasteiger partial charge is 0.225 e. The van der Waals surface area contributed by atoms with Crippen LogP contribution in [0.3, 0.4) is 0 Å². The Morgan fingerprint density at radius 2 is 2.09 bits per heavy atom. The number of carbonyl (C=O) groups excluding carboxylic acids is 1. The number of nitrogens with one attached hydrogen (secondary N) is 1. The topological polar surface area (TPSA) is 42.0 Å². The molecule has 1 aliphatic carbocycles. The van der Waals surface area contributed by atoms with E-state index in [2.05, 4.69) is 21.7 Å². The van der Waals surface area contributed by atoms with E-state index < -0.39 is 0 Å². The van der Waals surface area contributed by atoms with E-state index in [9.17, 15) is 4.79 Å². The number of thiazole rings is 1. The lowest BCUT2D eigenvalue weighted by molar-refractivity contribution is -0.121. The maximum atomic E-state index is 12.4. The molecule has 1 aliphatic rings. The van der Waals surface area contributed by atoms with Crippen LogP contribution in [0.4, 0.5) is 0 Å². The van der Waals surface area contributed by atoms with Crippen molar-refractivity contribution in [2.45, 2.75) is 57.9 Å². The second kappa shape index (κ2) is 7.38. The first kappa shape index (κ1) is 15.7. The van der Waals surface area contributed by atoms with Gasteiger partial charge in [-0.05, 0) is 31.2 Å². The Morgan fingerprint density at radius 3 is 2.77 bits per heavy atom. The van der Waals surface area contributed by atoms with Crippen molar-refractivity contribution in [3.63, 3.8) is 0 Å². The van der Waals surface area contributed by atoms with Gasteiger partial charge in [0.25, 0.3) is 0 Å². The lowest BCUT2D eigenvalue weighted by Crippen LogP contribution is -2.35. The number of amides is 1. The molecule has 0 atom stereocenters. The van der Waals surface area contributed by atoms with E-state index in [0.29, 0.717) is 12.5 Å². The zero-order valence-corrected chi connectivity index (χ0v) is 14.6. The first-order chi connectivity index (χ1) is 10.7. The molecule has 22 heavy (non-hydrogen) atoms. The number of thiophene rings is 1. The van der Waals surface area contributed by atoms with Crippen LogP contribution in [0.15, 0.2) is 17.5 Å². The third kappa shape index (κ3) is 3.96. The molecule has 5 heteroatoms. The molecule has 1 N–H and O–H groups in total. The van der Waals surface area contributed by atoms with Crippen LogP contribution in [0.2, 0.25) is 0 Å². The zero-order chi connectivity index (χ0) is 15.4. The quantitative estimate of drug-likeness (QED) is 0.833. The lowest BCUT2D eigenvalue weighted by Gasteiger charge is -2.16. The fourth-order valence-corrected chi connectivity index (χ4v) is 4.80. The van der Waals surface area contributed by atoms with Crippen LogP contribution in [0.25, 0.3) is 10.6 Å². The predicted molar refractivity (Wildman–Crippen MR) is 93.5 cm³/mol. The highest BCUT2D eigenvalue weighted by atomic mass is 32.1. The average Bonchev–Trinajstić information content (AvgIpc) is 3.04. The predicted octanol–water partition coefficient (Wildman–Crippen LogP) is 4.56. The summed E-state index contributed by atoms with van der Waals surface area (Å²) in [5.74, 6) is 0.147. The van der Waals surface area contributed by atoms with Gasteiger partial charge >= 0.3 is 0 Å². The molecule has 3 nitrogen and oxygen atoms in total. The molecule has 1 amide bonds. The van der Waals surface area contributed by atoms with Gasteiger partial charge in [-0.2, -0.15) is 0 Å². The summed E-state index contributed by atoms with van der Waals surface area (Å²) in [7, 11) is 0. The highest BCUT2D eigenvalue weighted by molar-refractivity contribution is 7.15. The first-order valence-electron chi connectivity index (χ1n) is 8.02. The van der Waals surface area contributed by atoms with E-state index in [-0.39, 0.29) is 5.91 Å². The molecule has 1 saturated carbocycles. The van der Waals surface area contributed by atoms with Crippen molar-refractivity contribution < 1.29 is 4.79 Å². The Kier molecular flexibility index (Phi) is 5.26. The Morgan fingerprint density at radius 1 is 1.32 bits per heavy atom. The van der Waals surface area contributed by atoms with Gasteiger partial charge in [-0.1, -0.05) is 31.7 Å². The number of rotatable bonds is 4. The van der Waals surface area contributed by atoms with Gasteiger partial charge in [0.2, 0.25) is 5.91 Å². The molecule has 3 rings (SSSR count). The van der Waals surface area contributed by atoms with Crippen LogP contribution in [-0.4, -0.2) is 16.9 Å². The molecule has 0 aliphatic heterocycles. The van der Waals surface area contributed by atoms with Gasteiger partial charge in [0.15, 0.2) is 0 Å². The monoisotopic (exact) mass is 334 g/mol. The van der Waals surface area contributed by atoms with Crippen LogP contribution < -0.4 is 5.32 Å². The van der Waals surface area contributed by atoms with E-state index in [1.54, 1.807) is 22.7 Å². The van der Waals surface area contributed by atoms with Gasteiger partial charge in [-0.3, -0.25) is 4.79 Å². The molecule has 2 aromatic heterocycles. The average molecular weight is 335 g/mol. The van der Waals surface area contributed by atoms with Crippen molar-refractivity contribution in [3.05, 3.63) is 27.4 Å². The molecule has 0 radical (unpaired) electrons. The molecular weight excluding hydrogens is 312 g/mol. The largest absolute Gasteiger partial charge is 0.353 e. The van der Waals surface area contributed by atoms with Crippen LogP contribution in [0.5, 0.6) is 0 Å². The van der Waals surface area contributed by atoms with Crippen LogP contribution in [-0.2, 0) is 11.2 Å². The highest BCUT2D eigenvalue weighted by Gasteiger charge is 2.18. The van der Waals surface area contributed by atoms with E-state index in [1.807, 2.05) is 13.0 Å². The molecule has 2 heterocycles. The molecule has 0 unspecified atom stereocenters. The van der Waals surface area contributed by atoms with Crippen molar-refractivity contribution in [1.82, 2.24) is 10.3 Å². The summed E-state index contributed by atoms with van der Waals surface area (Å²) in [5, 5.41) is 6.32. The van der Waals surface area contributed by atoms with Crippen molar-refractivity contribution in [3.8, 4) is 10.6 Å². The minimum absolute atomic E-state index is 0.147. The van der Waals surface area contributed by atoms with E-state index in [0.717, 1.165) is 33.3 Å². The molecule has 2 aromatic rings. The third-order valence-corrected chi connectivity index (χ3v) is 5.95. The Labute approximate surface area is 139 Å². The van der Waals surface area contributed by atoms with E-state index in [4.69, 9.17) is 0 Å². The van der Waals surface area contributed by atoms with E-state index >= 15 is 0 Å². The Bertz CT molecular complexity index is 611. The van der Waals surface area contributed by atoms with Crippen molar-refractivity contribution in [1.29, 1.82) is 0 Å².